The highest BCUT2D eigenvalue weighted by Crippen LogP contribution is 2.21. The predicted octanol–water partition coefficient (Wildman–Crippen LogP) is 0.196. The van der Waals surface area contributed by atoms with Gasteiger partial charge in [0.05, 0.1) is 25.5 Å². The zero-order chi connectivity index (χ0) is 14.0. The van der Waals surface area contributed by atoms with Gasteiger partial charge in [-0.2, -0.15) is 0 Å². The molecule has 0 radical (unpaired) electrons. The monoisotopic (exact) mass is 271 g/mol. The molecule has 8 nitrogen and oxygen atoms in total. The van der Waals surface area contributed by atoms with Gasteiger partial charge in [0.1, 0.15) is 5.10 Å². The fourth-order valence-electron chi connectivity index (χ4n) is 2.60. The van der Waals surface area contributed by atoms with Crippen molar-refractivity contribution in [2.75, 3.05) is 33.5 Å². The molecule has 2 saturated heterocycles. The van der Waals surface area contributed by atoms with Crippen molar-refractivity contribution in [1.29, 1.82) is 0 Å². The second-order valence-corrected chi connectivity index (χ2v) is 4.91. The Hall–Kier alpha value is -1.41. The summed E-state index contributed by atoms with van der Waals surface area (Å²) in [5.74, 6) is 0.428. The highest BCUT2D eigenvalue weighted by molar-refractivity contribution is 5.80. The number of hydrogen-bond donors (Lipinski definition) is 0. The average Bonchev–Trinajstić information content (AvgIpc) is 2.89. The topological polar surface area (TPSA) is 74.4 Å². The lowest BCUT2D eigenvalue weighted by Gasteiger charge is -2.48. The normalized spacial score (nSPS) is 31.2. The van der Waals surface area contributed by atoms with Crippen LogP contribution in [0.4, 0.5) is 0 Å². The van der Waals surface area contributed by atoms with Crippen molar-refractivity contribution in [3.8, 4) is 0 Å². The van der Waals surface area contributed by atoms with E-state index in [4.69, 9.17) is 4.74 Å². The minimum Gasteiger partial charge on any atom is -0.379 e. The van der Waals surface area contributed by atoms with E-state index in [1.807, 2.05) is 23.8 Å². The largest absolute Gasteiger partial charge is 0.379 e. The van der Waals surface area contributed by atoms with Crippen LogP contribution < -0.4 is 0 Å². The highest BCUT2D eigenvalue weighted by Gasteiger charge is 2.38. The van der Waals surface area contributed by atoms with Crippen LogP contribution >= 0.6 is 0 Å². The number of hydrogen-bond acceptors (Lipinski definition) is 4. The van der Waals surface area contributed by atoms with Crippen molar-refractivity contribution >= 4 is 5.96 Å². The molecule has 0 N–H and O–H groups in total. The Morgan fingerprint density at radius 3 is 2.84 bits per heavy atom. The lowest BCUT2D eigenvalue weighted by molar-refractivity contribution is -0.486. The summed E-state index contributed by atoms with van der Waals surface area (Å²) >= 11 is 0. The predicted molar refractivity (Wildman–Crippen MR) is 70.0 cm³/mol. The molecule has 0 aliphatic carbocycles. The second kappa shape index (κ2) is 5.70. The standard InChI is InChI=1S/C11H21N5O3/c1-4-14-8-15(10-5-6-19-7-10)11(12-16(17)18)13(3)9(14)2/h9-10H,4-8H2,1-3H3. The molecule has 2 unspecified atom stereocenters. The summed E-state index contributed by atoms with van der Waals surface area (Å²) < 4.78 is 5.39. The number of nitrogens with zero attached hydrogens (tertiary/aromatic N) is 5. The van der Waals surface area contributed by atoms with E-state index in [9.17, 15) is 10.1 Å². The molecule has 0 spiro atoms. The Labute approximate surface area is 112 Å². The molecule has 2 atom stereocenters. The Kier molecular flexibility index (Phi) is 4.20. The van der Waals surface area contributed by atoms with E-state index in [-0.39, 0.29) is 12.2 Å². The number of ether oxygens (including phenoxy) is 1. The maximum atomic E-state index is 10.8. The van der Waals surface area contributed by atoms with Crippen LogP contribution in [0.1, 0.15) is 20.3 Å². The molecule has 8 heteroatoms. The van der Waals surface area contributed by atoms with Crippen LogP contribution in [-0.4, -0.2) is 71.4 Å². The molecule has 2 fully saturated rings. The van der Waals surface area contributed by atoms with E-state index in [0.717, 1.165) is 13.0 Å². The zero-order valence-electron chi connectivity index (χ0n) is 11.7. The maximum absolute atomic E-state index is 10.8. The molecule has 2 aliphatic rings. The first-order chi connectivity index (χ1) is 9.04. The van der Waals surface area contributed by atoms with E-state index in [2.05, 4.69) is 16.9 Å². The molecule has 0 aromatic heterocycles. The van der Waals surface area contributed by atoms with E-state index < -0.39 is 5.03 Å². The van der Waals surface area contributed by atoms with Crippen molar-refractivity contribution in [2.45, 2.75) is 32.5 Å². The zero-order valence-corrected chi connectivity index (χ0v) is 11.7. The molecule has 0 saturated carbocycles. The molecule has 2 aliphatic heterocycles. The van der Waals surface area contributed by atoms with Gasteiger partial charge in [0.25, 0.3) is 5.96 Å². The molecule has 0 aromatic rings. The van der Waals surface area contributed by atoms with Crippen molar-refractivity contribution in [1.82, 2.24) is 14.7 Å². The van der Waals surface area contributed by atoms with Crippen LogP contribution in [0.15, 0.2) is 5.10 Å². The van der Waals surface area contributed by atoms with E-state index in [1.165, 1.54) is 0 Å². The third-order valence-corrected chi connectivity index (χ3v) is 3.92. The summed E-state index contributed by atoms with van der Waals surface area (Å²) in [6, 6.07) is 0.169. The molecule has 2 rings (SSSR count). The number of nitro groups is 1. The lowest BCUT2D eigenvalue weighted by Crippen LogP contribution is -2.64. The van der Waals surface area contributed by atoms with Gasteiger partial charge in [0.15, 0.2) is 5.03 Å². The minimum absolute atomic E-state index is 0.0993. The quantitative estimate of drug-likeness (QED) is 0.539. The average molecular weight is 271 g/mol. The van der Waals surface area contributed by atoms with Crippen molar-refractivity contribution in [3.63, 3.8) is 0 Å². The summed E-state index contributed by atoms with van der Waals surface area (Å²) in [5, 5.41) is 13.7. The van der Waals surface area contributed by atoms with Crippen LogP contribution in [-0.2, 0) is 4.74 Å². The summed E-state index contributed by atoms with van der Waals surface area (Å²) in [6.07, 6.45) is 0.985. The summed E-state index contributed by atoms with van der Waals surface area (Å²) in [7, 11) is 1.84. The number of rotatable bonds is 3. The molecule has 0 aromatic carbocycles. The van der Waals surface area contributed by atoms with Gasteiger partial charge in [0.2, 0.25) is 0 Å². The summed E-state index contributed by atoms with van der Waals surface area (Å²) in [4.78, 5) is 16.8. The van der Waals surface area contributed by atoms with E-state index in [1.54, 1.807) is 0 Å². The number of hydrazone groups is 1. The smallest absolute Gasteiger partial charge is 0.276 e. The second-order valence-electron chi connectivity index (χ2n) is 4.91. The summed E-state index contributed by atoms with van der Waals surface area (Å²) in [5.41, 5.74) is 0. The van der Waals surface area contributed by atoms with Gasteiger partial charge in [-0.25, -0.2) is 10.1 Å². The SMILES string of the molecule is CCN1CN(C2CCOC2)C(=N[N+](=O)[O-])N(C)C1C. The van der Waals surface area contributed by atoms with Gasteiger partial charge in [-0.3, -0.25) is 4.90 Å². The Morgan fingerprint density at radius 2 is 2.32 bits per heavy atom. The molecular weight excluding hydrogens is 250 g/mol. The van der Waals surface area contributed by atoms with Crippen LogP contribution in [0.2, 0.25) is 0 Å². The van der Waals surface area contributed by atoms with Gasteiger partial charge in [-0.1, -0.05) is 6.92 Å². The third kappa shape index (κ3) is 2.79. The van der Waals surface area contributed by atoms with Crippen molar-refractivity contribution < 1.29 is 9.77 Å². The molecular formula is C11H21N5O3. The maximum Gasteiger partial charge on any atom is 0.276 e. The Bertz CT molecular complexity index is 369. The van der Waals surface area contributed by atoms with Crippen LogP contribution in [0.3, 0.4) is 0 Å². The van der Waals surface area contributed by atoms with E-state index >= 15 is 0 Å². The lowest BCUT2D eigenvalue weighted by atomic mass is 10.2. The molecule has 2 heterocycles. The molecule has 0 bridgehead atoms. The van der Waals surface area contributed by atoms with Crippen molar-refractivity contribution in [3.05, 3.63) is 10.1 Å². The van der Waals surface area contributed by atoms with Gasteiger partial charge in [0, 0.05) is 13.7 Å². The van der Waals surface area contributed by atoms with Gasteiger partial charge in [-0.15, -0.1) is 0 Å². The fourth-order valence-corrected chi connectivity index (χ4v) is 2.60. The number of guanidine groups is 1. The van der Waals surface area contributed by atoms with E-state index in [0.29, 0.717) is 25.8 Å². The van der Waals surface area contributed by atoms with Gasteiger partial charge in [-0.05, 0) is 19.9 Å². The van der Waals surface area contributed by atoms with Crippen molar-refractivity contribution in [2.24, 2.45) is 5.10 Å². The third-order valence-electron chi connectivity index (χ3n) is 3.92. The van der Waals surface area contributed by atoms with Gasteiger partial charge < -0.3 is 14.5 Å². The molecule has 19 heavy (non-hydrogen) atoms. The molecule has 108 valence electrons. The highest BCUT2D eigenvalue weighted by atomic mass is 16.7. The minimum atomic E-state index is -0.622. The van der Waals surface area contributed by atoms with Gasteiger partial charge >= 0.3 is 0 Å². The Balaban J connectivity index is 2.26. The summed E-state index contributed by atoms with van der Waals surface area (Å²) in [6.45, 7) is 6.98. The first-order valence-electron chi connectivity index (χ1n) is 6.58. The van der Waals surface area contributed by atoms with Crippen LogP contribution in [0, 0.1) is 10.1 Å². The van der Waals surface area contributed by atoms with Crippen LogP contribution in [0.5, 0.6) is 0 Å². The fraction of sp³-hybridized carbons (Fsp3) is 0.909. The first-order valence-corrected chi connectivity index (χ1v) is 6.58. The first kappa shape index (κ1) is 14.0. The molecule has 0 amide bonds. The van der Waals surface area contributed by atoms with Crippen LogP contribution in [0.25, 0.3) is 0 Å². The Morgan fingerprint density at radius 1 is 1.58 bits per heavy atom.